The Kier molecular flexibility index (Phi) is 4.20. The summed E-state index contributed by atoms with van der Waals surface area (Å²) in [7, 11) is 0. The Hall–Kier alpha value is -2.00. The van der Waals surface area contributed by atoms with Gasteiger partial charge in [-0.25, -0.2) is 0 Å². The highest BCUT2D eigenvalue weighted by Gasteiger charge is 1.99. The van der Waals surface area contributed by atoms with E-state index in [1.54, 1.807) is 6.92 Å². The van der Waals surface area contributed by atoms with Gasteiger partial charge in [-0.1, -0.05) is 18.2 Å². The monoisotopic (exact) mass is 243 g/mol. The van der Waals surface area contributed by atoms with E-state index in [1.165, 1.54) is 0 Å². The normalized spacial score (nSPS) is 11.9. The molecule has 2 rings (SSSR count). The molecule has 3 heteroatoms. The van der Waals surface area contributed by atoms with Gasteiger partial charge in [0.25, 0.3) is 0 Å². The molecule has 0 fully saturated rings. The van der Waals surface area contributed by atoms with Crippen LogP contribution >= 0.6 is 0 Å². The standard InChI is InChI=1S/C15H17NO2/c1-12(17)11-18-15-9-7-14(8-10-15)16-13-5-3-2-4-6-13/h2-10,12,16-17H,11H2,1H3. The van der Waals surface area contributed by atoms with Gasteiger partial charge in [-0.3, -0.25) is 0 Å². The Balaban J connectivity index is 1.95. The van der Waals surface area contributed by atoms with Gasteiger partial charge in [0, 0.05) is 11.4 Å². The summed E-state index contributed by atoms with van der Waals surface area (Å²) in [6, 6.07) is 17.6. The van der Waals surface area contributed by atoms with Crippen LogP contribution in [0, 0.1) is 0 Å². The second-order valence-corrected chi connectivity index (χ2v) is 4.18. The van der Waals surface area contributed by atoms with Gasteiger partial charge in [0.2, 0.25) is 0 Å². The van der Waals surface area contributed by atoms with Crippen LogP contribution in [0.25, 0.3) is 0 Å². The molecule has 0 saturated carbocycles. The van der Waals surface area contributed by atoms with E-state index in [1.807, 2.05) is 54.6 Å². The maximum atomic E-state index is 9.13. The van der Waals surface area contributed by atoms with Crippen molar-refractivity contribution in [2.45, 2.75) is 13.0 Å². The largest absolute Gasteiger partial charge is 0.491 e. The first-order chi connectivity index (χ1) is 8.74. The summed E-state index contributed by atoms with van der Waals surface area (Å²) in [5.74, 6) is 0.759. The van der Waals surface area contributed by atoms with Crippen LogP contribution in [0.4, 0.5) is 11.4 Å². The summed E-state index contributed by atoms with van der Waals surface area (Å²) in [4.78, 5) is 0. The topological polar surface area (TPSA) is 41.5 Å². The molecule has 0 spiro atoms. The number of anilines is 2. The maximum absolute atomic E-state index is 9.13. The van der Waals surface area contributed by atoms with Gasteiger partial charge in [-0.2, -0.15) is 0 Å². The predicted molar refractivity (Wildman–Crippen MR) is 73.3 cm³/mol. The zero-order valence-corrected chi connectivity index (χ0v) is 10.3. The van der Waals surface area contributed by atoms with Crippen LogP contribution in [0.15, 0.2) is 54.6 Å². The van der Waals surface area contributed by atoms with E-state index in [0.717, 1.165) is 17.1 Å². The van der Waals surface area contributed by atoms with Crippen LogP contribution in [-0.4, -0.2) is 17.8 Å². The van der Waals surface area contributed by atoms with Crippen LogP contribution in [0.1, 0.15) is 6.92 Å². The number of para-hydroxylation sites is 1. The molecule has 2 aromatic carbocycles. The second-order valence-electron chi connectivity index (χ2n) is 4.18. The first-order valence-electron chi connectivity index (χ1n) is 5.97. The number of nitrogens with one attached hydrogen (secondary N) is 1. The number of hydrogen-bond donors (Lipinski definition) is 2. The van der Waals surface area contributed by atoms with Gasteiger partial charge in [0.1, 0.15) is 12.4 Å². The zero-order valence-electron chi connectivity index (χ0n) is 10.3. The van der Waals surface area contributed by atoms with Gasteiger partial charge in [-0.15, -0.1) is 0 Å². The van der Waals surface area contributed by atoms with E-state index in [9.17, 15) is 0 Å². The molecule has 0 aliphatic rings. The van der Waals surface area contributed by atoms with E-state index >= 15 is 0 Å². The molecule has 0 radical (unpaired) electrons. The SMILES string of the molecule is CC(O)COc1ccc(Nc2ccccc2)cc1. The molecule has 2 aromatic rings. The molecule has 0 amide bonds. The summed E-state index contributed by atoms with van der Waals surface area (Å²) in [5.41, 5.74) is 2.06. The first-order valence-corrected chi connectivity index (χ1v) is 5.97. The highest BCUT2D eigenvalue weighted by atomic mass is 16.5. The second kappa shape index (κ2) is 6.07. The van der Waals surface area contributed by atoms with Crippen molar-refractivity contribution in [3.63, 3.8) is 0 Å². The molecular formula is C15H17NO2. The zero-order chi connectivity index (χ0) is 12.8. The van der Waals surface area contributed by atoms with Crippen LogP contribution in [0.2, 0.25) is 0 Å². The fourth-order valence-electron chi connectivity index (χ4n) is 1.54. The third kappa shape index (κ3) is 3.79. The van der Waals surface area contributed by atoms with Crippen molar-refractivity contribution in [1.82, 2.24) is 0 Å². The number of hydrogen-bond acceptors (Lipinski definition) is 3. The molecule has 1 atom stereocenters. The van der Waals surface area contributed by atoms with Gasteiger partial charge in [0.05, 0.1) is 6.10 Å². The number of rotatable bonds is 5. The van der Waals surface area contributed by atoms with Crippen molar-refractivity contribution >= 4 is 11.4 Å². The highest BCUT2D eigenvalue weighted by molar-refractivity contribution is 5.59. The quantitative estimate of drug-likeness (QED) is 0.847. The fraction of sp³-hybridized carbons (Fsp3) is 0.200. The van der Waals surface area contributed by atoms with Gasteiger partial charge < -0.3 is 15.2 Å². The van der Waals surface area contributed by atoms with E-state index < -0.39 is 6.10 Å². The lowest BCUT2D eigenvalue weighted by Gasteiger charge is -2.10. The fourth-order valence-corrected chi connectivity index (χ4v) is 1.54. The molecule has 3 nitrogen and oxygen atoms in total. The summed E-state index contributed by atoms with van der Waals surface area (Å²) in [6.07, 6.45) is -0.452. The van der Waals surface area contributed by atoms with E-state index in [4.69, 9.17) is 9.84 Å². The van der Waals surface area contributed by atoms with Crippen LogP contribution in [0.5, 0.6) is 5.75 Å². The molecule has 0 aliphatic heterocycles. The molecule has 0 aromatic heterocycles. The minimum atomic E-state index is -0.452. The van der Waals surface area contributed by atoms with Gasteiger partial charge in [-0.05, 0) is 43.3 Å². The Morgan fingerprint density at radius 2 is 1.61 bits per heavy atom. The number of aliphatic hydroxyl groups excluding tert-OH is 1. The molecule has 0 bridgehead atoms. The summed E-state index contributed by atoms with van der Waals surface area (Å²) in [5, 5.41) is 12.4. The van der Waals surface area contributed by atoms with Crippen molar-refractivity contribution in [1.29, 1.82) is 0 Å². The maximum Gasteiger partial charge on any atom is 0.119 e. The van der Waals surface area contributed by atoms with Crippen LogP contribution < -0.4 is 10.1 Å². The Morgan fingerprint density at radius 1 is 1.00 bits per heavy atom. The molecule has 94 valence electrons. The average Bonchev–Trinajstić information content (AvgIpc) is 2.39. The Labute approximate surface area is 107 Å². The summed E-state index contributed by atoms with van der Waals surface area (Å²) < 4.78 is 5.39. The third-order valence-corrected chi connectivity index (χ3v) is 2.41. The molecule has 0 saturated heterocycles. The predicted octanol–water partition coefficient (Wildman–Crippen LogP) is 3.19. The van der Waals surface area contributed by atoms with Crippen molar-refractivity contribution in [3.05, 3.63) is 54.6 Å². The molecular weight excluding hydrogens is 226 g/mol. The minimum Gasteiger partial charge on any atom is -0.491 e. The molecule has 18 heavy (non-hydrogen) atoms. The first kappa shape index (κ1) is 12.5. The highest BCUT2D eigenvalue weighted by Crippen LogP contribution is 2.19. The van der Waals surface area contributed by atoms with Gasteiger partial charge >= 0.3 is 0 Å². The summed E-state index contributed by atoms with van der Waals surface area (Å²) >= 11 is 0. The lowest BCUT2D eigenvalue weighted by atomic mass is 10.2. The van der Waals surface area contributed by atoms with E-state index in [2.05, 4.69) is 5.32 Å². The average molecular weight is 243 g/mol. The van der Waals surface area contributed by atoms with Gasteiger partial charge in [0.15, 0.2) is 0 Å². The van der Waals surface area contributed by atoms with Crippen molar-refractivity contribution in [3.8, 4) is 5.75 Å². The number of benzene rings is 2. The van der Waals surface area contributed by atoms with Crippen molar-refractivity contribution < 1.29 is 9.84 Å². The van der Waals surface area contributed by atoms with Crippen molar-refractivity contribution in [2.24, 2.45) is 0 Å². The smallest absolute Gasteiger partial charge is 0.119 e. The molecule has 2 N–H and O–H groups in total. The lowest BCUT2D eigenvalue weighted by molar-refractivity contribution is 0.123. The molecule has 0 heterocycles. The minimum absolute atomic E-state index is 0.311. The Bertz CT molecular complexity index is 466. The van der Waals surface area contributed by atoms with Crippen LogP contribution in [-0.2, 0) is 0 Å². The lowest BCUT2D eigenvalue weighted by Crippen LogP contribution is -2.12. The van der Waals surface area contributed by atoms with Crippen LogP contribution in [0.3, 0.4) is 0 Å². The Morgan fingerprint density at radius 3 is 2.22 bits per heavy atom. The molecule has 0 aliphatic carbocycles. The number of ether oxygens (including phenoxy) is 1. The number of aliphatic hydroxyl groups is 1. The summed E-state index contributed by atoms with van der Waals surface area (Å²) in [6.45, 7) is 2.01. The van der Waals surface area contributed by atoms with E-state index in [-0.39, 0.29) is 0 Å². The third-order valence-electron chi connectivity index (χ3n) is 2.41. The van der Waals surface area contributed by atoms with E-state index in [0.29, 0.717) is 6.61 Å². The molecule has 1 unspecified atom stereocenters. The van der Waals surface area contributed by atoms with Crippen molar-refractivity contribution in [2.75, 3.05) is 11.9 Å².